The van der Waals surface area contributed by atoms with Gasteiger partial charge in [-0.2, -0.15) is 0 Å². The third kappa shape index (κ3) is 3.32. The molecule has 5 nitrogen and oxygen atoms in total. The molecule has 3 heterocycles. The number of benzene rings is 1. The number of nitrogens with zero attached hydrogens (tertiary/aromatic N) is 2. The number of allylic oxidation sites excluding steroid dienone is 1. The molecule has 0 spiro atoms. The van der Waals surface area contributed by atoms with Crippen molar-refractivity contribution in [3.05, 3.63) is 101 Å². The van der Waals surface area contributed by atoms with Crippen LogP contribution in [0.15, 0.2) is 67.6 Å². The summed E-state index contributed by atoms with van der Waals surface area (Å²) in [6.45, 7) is 4.07. The largest absolute Gasteiger partial charge is 0.403 e. The summed E-state index contributed by atoms with van der Waals surface area (Å²) in [5, 5.41) is 1.42. The Morgan fingerprint density at radius 2 is 1.86 bits per heavy atom. The fourth-order valence-electron chi connectivity index (χ4n) is 3.22. The van der Waals surface area contributed by atoms with E-state index in [1.807, 2.05) is 6.07 Å². The molecule has 0 atom stereocenters. The van der Waals surface area contributed by atoms with Crippen LogP contribution in [0.2, 0.25) is 0 Å². The number of fused-ring (bicyclic) bond motifs is 1. The van der Waals surface area contributed by atoms with Gasteiger partial charge in [-0.05, 0) is 23.3 Å². The maximum Gasteiger partial charge on any atom is 0.196 e. The first-order valence-electron chi connectivity index (χ1n) is 8.89. The maximum atomic E-state index is 14.8. The first-order valence-corrected chi connectivity index (χ1v) is 8.89. The summed E-state index contributed by atoms with van der Waals surface area (Å²) >= 11 is 0. The van der Waals surface area contributed by atoms with Crippen LogP contribution in [0.25, 0.3) is 28.9 Å². The van der Waals surface area contributed by atoms with Gasteiger partial charge < -0.3 is 10.7 Å². The molecule has 142 valence electrons. The maximum absolute atomic E-state index is 14.8. The molecule has 0 radical (unpaired) electrons. The second-order valence-electron chi connectivity index (χ2n) is 6.43. The van der Waals surface area contributed by atoms with E-state index in [1.165, 1.54) is 6.20 Å². The lowest BCUT2D eigenvalue weighted by Crippen LogP contribution is -2.25. The zero-order valence-corrected chi connectivity index (χ0v) is 15.4. The SMILES string of the molecule is C=C(/C=c1\c(=C/N)[nH]c2ncc(F)c(C(=O)c3ccccc3)c12)c1cccnc1. The highest BCUT2D eigenvalue weighted by Gasteiger charge is 2.20. The number of carbonyl (C=O) groups excluding carboxylic acids is 1. The summed E-state index contributed by atoms with van der Waals surface area (Å²) in [7, 11) is 0. The molecule has 0 bridgehead atoms. The lowest BCUT2D eigenvalue weighted by Gasteiger charge is -2.05. The normalized spacial score (nSPS) is 12.4. The second kappa shape index (κ2) is 7.52. The average molecular weight is 384 g/mol. The summed E-state index contributed by atoms with van der Waals surface area (Å²) in [5.74, 6) is -1.13. The first-order chi connectivity index (χ1) is 14.1. The molecule has 6 heteroatoms. The highest BCUT2D eigenvalue weighted by molar-refractivity contribution is 6.16. The van der Waals surface area contributed by atoms with Gasteiger partial charge in [-0.15, -0.1) is 0 Å². The molecule has 0 aliphatic rings. The van der Waals surface area contributed by atoms with E-state index in [0.29, 0.717) is 32.7 Å². The van der Waals surface area contributed by atoms with Crippen molar-refractivity contribution in [2.24, 2.45) is 5.73 Å². The summed E-state index contributed by atoms with van der Waals surface area (Å²) in [5.41, 5.74) is 7.91. The molecule has 0 amide bonds. The topological polar surface area (TPSA) is 84.7 Å². The Hall–Kier alpha value is -4.06. The van der Waals surface area contributed by atoms with Crippen molar-refractivity contribution in [2.45, 2.75) is 0 Å². The van der Waals surface area contributed by atoms with E-state index in [9.17, 15) is 9.18 Å². The molecular weight excluding hydrogens is 367 g/mol. The molecule has 0 fully saturated rings. The Kier molecular flexibility index (Phi) is 4.75. The van der Waals surface area contributed by atoms with E-state index in [4.69, 9.17) is 5.73 Å². The number of H-pyrrole nitrogens is 1. The minimum atomic E-state index is -0.699. The molecule has 0 unspecified atom stereocenters. The van der Waals surface area contributed by atoms with Gasteiger partial charge in [0, 0.05) is 34.8 Å². The smallest absolute Gasteiger partial charge is 0.196 e. The third-order valence-electron chi connectivity index (χ3n) is 4.63. The third-order valence-corrected chi connectivity index (χ3v) is 4.63. The van der Waals surface area contributed by atoms with Crippen LogP contribution in [0.1, 0.15) is 21.5 Å². The van der Waals surface area contributed by atoms with E-state index < -0.39 is 11.6 Å². The molecule has 3 N–H and O–H groups in total. The van der Waals surface area contributed by atoms with Crippen molar-refractivity contribution in [3.8, 4) is 0 Å². The number of aromatic amines is 1. The van der Waals surface area contributed by atoms with Crippen LogP contribution >= 0.6 is 0 Å². The Bertz CT molecular complexity index is 1340. The van der Waals surface area contributed by atoms with Gasteiger partial charge in [-0.1, -0.05) is 43.0 Å². The van der Waals surface area contributed by atoms with E-state index in [2.05, 4.69) is 21.5 Å². The predicted octanol–water partition coefficient (Wildman–Crippen LogP) is 2.52. The quantitative estimate of drug-likeness (QED) is 0.530. The van der Waals surface area contributed by atoms with Crippen molar-refractivity contribution in [3.63, 3.8) is 0 Å². The number of rotatable bonds is 4. The molecule has 0 aliphatic heterocycles. The Balaban J connectivity index is 2.03. The summed E-state index contributed by atoms with van der Waals surface area (Å²) in [4.78, 5) is 24.4. The second-order valence-corrected chi connectivity index (χ2v) is 6.43. The number of halogens is 1. The Labute approximate surface area is 165 Å². The molecule has 0 saturated carbocycles. The summed E-state index contributed by atoms with van der Waals surface area (Å²) < 4.78 is 14.8. The average Bonchev–Trinajstić information content (AvgIpc) is 3.12. The van der Waals surface area contributed by atoms with Crippen molar-refractivity contribution in [1.82, 2.24) is 15.0 Å². The van der Waals surface area contributed by atoms with E-state index in [1.54, 1.807) is 54.9 Å². The molecule has 4 rings (SSSR count). The van der Waals surface area contributed by atoms with Crippen LogP contribution in [0.5, 0.6) is 0 Å². The molecule has 29 heavy (non-hydrogen) atoms. The lowest BCUT2D eigenvalue weighted by atomic mass is 9.99. The van der Waals surface area contributed by atoms with Crippen LogP contribution in [-0.2, 0) is 0 Å². The van der Waals surface area contributed by atoms with Gasteiger partial charge in [0.15, 0.2) is 11.6 Å². The van der Waals surface area contributed by atoms with E-state index >= 15 is 0 Å². The van der Waals surface area contributed by atoms with Gasteiger partial charge >= 0.3 is 0 Å². The van der Waals surface area contributed by atoms with Crippen molar-refractivity contribution in [2.75, 3.05) is 0 Å². The zero-order chi connectivity index (χ0) is 20.4. The standard InChI is InChI=1S/C23H17FN4O/c1-14(16-8-5-9-26-12-16)10-17-19(11-25)28-23-20(17)21(18(24)13-27-23)22(29)15-6-3-2-4-7-15/h2-13H,1,25H2,(H,27,28)/b17-10+,19-11+. The van der Waals surface area contributed by atoms with Crippen LogP contribution in [0, 0.1) is 5.82 Å². The minimum Gasteiger partial charge on any atom is -0.403 e. The molecule has 4 aromatic rings. The fourth-order valence-corrected chi connectivity index (χ4v) is 3.22. The number of hydrogen-bond donors (Lipinski definition) is 2. The molecule has 3 aromatic heterocycles. The highest BCUT2D eigenvalue weighted by Crippen LogP contribution is 2.20. The van der Waals surface area contributed by atoms with Gasteiger partial charge in [0.05, 0.1) is 17.1 Å². The molecule has 0 aliphatic carbocycles. The Morgan fingerprint density at radius 1 is 1.10 bits per heavy atom. The number of aromatic nitrogens is 3. The van der Waals surface area contributed by atoms with Gasteiger partial charge in [-0.25, -0.2) is 9.37 Å². The number of nitrogens with one attached hydrogen (secondary N) is 1. The van der Waals surface area contributed by atoms with E-state index in [0.717, 1.165) is 11.8 Å². The van der Waals surface area contributed by atoms with Gasteiger partial charge in [0.25, 0.3) is 0 Å². The Morgan fingerprint density at radius 3 is 2.55 bits per heavy atom. The highest BCUT2D eigenvalue weighted by atomic mass is 19.1. The van der Waals surface area contributed by atoms with Crippen LogP contribution in [0.4, 0.5) is 4.39 Å². The number of nitrogens with two attached hydrogens (primary N) is 1. The van der Waals surface area contributed by atoms with Crippen molar-refractivity contribution >= 4 is 34.7 Å². The monoisotopic (exact) mass is 384 g/mol. The number of carbonyl (C=O) groups is 1. The first kappa shape index (κ1) is 18.3. The summed E-state index contributed by atoms with van der Waals surface area (Å²) in [6, 6.07) is 12.2. The van der Waals surface area contributed by atoms with Gasteiger partial charge in [0.1, 0.15) is 5.65 Å². The van der Waals surface area contributed by atoms with Crippen LogP contribution in [-0.4, -0.2) is 20.7 Å². The van der Waals surface area contributed by atoms with Gasteiger partial charge in [-0.3, -0.25) is 9.78 Å². The van der Waals surface area contributed by atoms with Crippen molar-refractivity contribution < 1.29 is 9.18 Å². The van der Waals surface area contributed by atoms with Crippen molar-refractivity contribution in [1.29, 1.82) is 0 Å². The number of hydrogen-bond acceptors (Lipinski definition) is 4. The molecule has 1 aromatic carbocycles. The van der Waals surface area contributed by atoms with E-state index in [-0.39, 0.29) is 5.56 Å². The number of ketones is 1. The number of pyridine rings is 2. The zero-order valence-electron chi connectivity index (χ0n) is 15.4. The predicted molar refractivity (Wildman–Crippen MR) is 112 cm³/mol. The molecule has 0 saturated heterocycles. The summed E-state index contributed by atoms with van der Waals surface area (Å²) in [6.07, 6.45) is 7.48. The van der Waals surface area contributed by atoms with Gasteiger partial charge in [0.2, 0.25) is 0 Å². The minimum absolute atomic E-state index is 0.0595. The molecular formula is C23H17FN4O. The van der Waals surface area contributed by atoms with Crippen LogP contribution < -0.4 is 16.3 Å². The fraction of sp³-hybridized carbons (Fsp3) is 0. The lowest BCUT2D eigenvalue weighted by molar-refractivity contribution is 0.103. The van der Waals surface area contributed by atoms with Crippen LogP contribution in [0.3, 0.4) is 0 Å².